The van der Waals surface area contributed by atoms with Crippen LogP contribution in [0.3, 0.4) is 0 Å². The van der Waals surface area contributed by atoms with Gasteiger partial charge in [0.25, 0.3) is 0 Å². The summed E-state index contributed by atoms with van der Waals surface area (Å²) < 4.78 is 0. The van der Waals surface area contributed by atoms with Crippen molar-refractivity contribution in [3.8, 4) is 16.9 Å². The van der Waals surface area contributed by atoms with E-state index in [9.17, 15) is 9.90 Å². The third-order valence-corrected chi connectivity index (χ3v) is 3.03. The van der Waals surface area contributed by atoms with Crippen LogP contribution in [0.5, 0.6) is 5.75 Å². The molecule has 0 saturated carbocycles. The van der Waals surface area contributed by atoms with Crippen molar-refractivity contribution < 1.29 is 19.7 Å². The van der Waals surface area contributed by atoms with Crippen molar-refractivity contribution in [3.63, 3.8) is 0 Å². The Labute approximate surface area is 130 Å². The molecule has 22 heavy (non-hydrogen) atoms. The molecule has 0 bridgehead atoms. The molecule has 2 aromatic rings. The Kier molecular flexibility index (Phi) is 4.52. The van der Waals surface area contributed by atoms with E-state index in [1.807, 2.05) is 45.9 Å². The molecule has 2 rings (SSSR count). The zero-order valence-corrected chi connectivity index (χ0v) is 13.2. The number of hydrogen-bond acceptors (Lipinski definition) is 3. The van der Waals surface area contributed by atoms with Crippen molar-refractivity contribution >= 4 is 5.97 Å². The first-order valence-electron chi connectivity index (χ1n) is 7.07. The van der Waals surface area contributed by atoms with E-state index in [1.54, 1.807) is 24.3 Å². The van der Waals surface area contributed by atoms with Crippen molar-refractivity contribution in [2.75, 3.05) is 0 Å². The average Bonchev–Trinajstić information content (AvgIpc) is 2.44. The minimum atomic E-state index is -0.972. The van der Waals surface area contributed by atoms with Gasteiger partial charge in [-0.25, -0.2) is 4.79 Å². The van der Waals surface area contributed by atoms with Crippen LogP contribution in [-0.2, 0) is 4.89 Å². The minimum Gasteiger partial charge on any atom is -0.478 e. The van der Waals surface area contributed by atoms with Crippen LogP contribution in [0.15, 0.2) is 42.5 Å². The van der Waals surface area contributed by atoms with Gasteiger partial charge in [-0.1, -0.05) is 36.4 Å². The zero-order valence-electron chi connectivity index (χ0n) is 13.2. The summed E-state index contributed by atoms with van der Waals surface area (Å²) in [5, 5.41) is 9.37. The molecule has 2 aromatic carbocycles. The zero-order chi connectivity index (χ0) is 16.3. The predicted molar refractivity (Wildman–Crippen MR) is 85.0 cm³/mol. The Morgan fingerprint density at radius 1 is 1.00 bits per heavy atom. The van der Waals surface area contributed by atoms with Crippen LogP contribution in [0.4, 0.5) is 0 Å². The van der Waals surface area contributed by atoms with Gasteiger partial charge in [-0.15, -0.1) is 0 Å². The van der Waals surface area contributed by atoms with Gasteiger partial charge in [-0.2, -0.15) is 4.89 Å². The fraction of sp³-hybridized carbons (Fsp3) is 0.278. The molecule has 0 saturated heterocycles. The SMILES string of the molecule is Cc1cccc(-c2ccccc2C(=O)O)c1OOC(C)(C)C. The molecule has 0 spiro atoms. The lowest BCUT2D eigenvalue weighted by atomic mass is 9.97. The van der Waals surface area contributed by atoms with Gasteiger partial charge in [0.1, 0.15) is 5.60 Å². The normalized spacial score (nSPS) is 11.3. The Bertz CT molecular complexity index is 684. The second kappa shape index (κ2) is 6.20. The summed E-state index contributed by atoms with van der Waals surface area (Å²) >= 11 is 0. The molecule has 0 heterocycles. The minimum absolute atomic E-state index is 0.230. The molecule has 0 aromatic heterocycles. The lowest BCUT2D eigenvalue weighted by Gasteiger charge is -2.20. The number of rotatable bonds is 4. The molecule has 0 fully saturated rings. The second-order valence-electron chi connectivity index (χ2n) is 6.08. The van der Waals surface area contributed by atoms with Gasteiger partial charge in [-0.05, 0) is 39.3 Å². The summed E-state index contributed by atoms with van der Waals surface area (Å²) in [6, 6.07) is 12.4. The highest BCUT2D eigenvalue weighted by molar-refractivity contribution is 5.97. The molecule has 0 radical (unpaired) electrons. The standard InChI is InChI=1S/C18H20O4/c1-12-8-7-11-14(16(12)21-22-18(2,3)4)13-9-5-6-10-15(13)17(19)20/h5-11H,1-4H3,(H,19,20). The summed E-state index contributed by atoms with van der Waals surface area (Å²) in [7, 11) is 0. The van der Waals surface area contributed by atoms with Gasteiger partial charge in [0.05, 0.1) is 5.56 Å². The van der Waals surface area contributed by atoms with Gasteiger partial charge < -0.3 is 9.99 Å². The summed E-state index contributed by atoms with van der Waals surface area (Å²) in [4.78, 5) is 22.4. The van der Waals surface area contributed by atoms with Crippen LogP contribution >= 0.6 is 0 Å². The molecule has 0 unspecified atom stereocenters. The van der Waals surface area contributed by atoms with Gasteiger partial charge in [0.2, 0.25) is 0 Å². The predicted octanol–water partition coefficient (Wildman–Crippen LogP) is 4.47. The molecule has 0 aliphatic carbocycles. The van der Waals surface area contributed by atoms with Crippen LogP contribution < -0.4 is 4.89 Å². The molecular formula is C18H20O4. The maximum Gasteiger partial charge on any atom is 0.336 e. The maximum atomic E-state index is 11.4. The van der Waals surface area contributed by atoms with Gasteiger partial charge in [0, 0.05) is 11.1 Å². The Morgan fingerprint density at radius 2 is 1.64 bits per heavy atom. The number of carboxylic acids is 1. The van der Waals surface area contributed by atoms with Crippen molar-refractivity contribution in [2.24, 2.45) is 0 Å². The lowest BCUT2D eigenvalue weighted by molar-refractivity contribution is -0.274. The molecule has 4 heteroatoms. The highest BCUT2D eigenvalue weighted by atomic mass is 17.2. The quantitative estimate of drug-likeness (QED) is 0.668. The third kappa shape index (κ3) is 3.65. The highest BCUT2D eigenvalue weighted by Crippen LogP contribution is 2.35. The number of aromatic carboxylic acids is 1. The molecule has 116 valence electrons. The van der Waals surface area contributed by atoms with E-state index in [0.29, 0.717) is 16.9 Å². The first-order chi connectivity index (χ1) is 10.3. The fourth-order valence-corrected chi connectivity index (χ4v) is 2.05. The Morgan fingerprint density at radius 3 is 2.27 bits per heavy atom. The highest BCUT2D eigenvalue weighted by Gasteiger charge is 2.19. The summed E-state index contributed by atoms with van der Waals surface area (Å²) in [5.74, 6) is -0.439. The first kappa shape index (κ1) is 16.0. The van der Waals surface area contributed by atoms with Gasteiger partial charge in [0.15, 0.2) is 5.75 Å². The Balaban J connectivity index is 2.52. The second-order valence-corrected chi connectivity index (χ2v) is 6.08. The van der Waals surface area contributed by atoms with E-state index < -0.39 is 11.6 Å². The van der Waals surface area contributed by atoms with Crippen molar-refractivity contribution in [2.45, 2.75) is 33.3 Å². The maximum absolute atomic E-state index is 11.4. The summed E-state index contributed by atoms with van der Waals surface area (Å²) in [6.45, 7) is 7.55. The number of carbonyl (C=O) groups is 1. The molecule has 0 aliphatic rings. The summed E-state index contributed by atoms with van der Waals surface area (Å²) in [6.07, 6.45) is 0. The van der Waals surface area contributed by atoms with Crippen LogP contribution in [0.1, 0.15) is 36.7 Å². The Hall–Kier alpha value is -2.33. The van der Waals surface area contributed by atoms with Crippen molar-refractivity contribution in [3.05, 3.63) is 53.6 Å². The van der Waals surface area contributed by atoms with Gasteiger partial charge >= 0.3 is 5.97 Å². The van der Waals surface area contributed by atoms with E-state index in [4.69, 9.17) is 9.78 Å². The van der Waals surface area contributed by atoms with Crippen LogP contribution in [0.2, 0.25) is 0 Å². The van der Waals surface area contributed by atoms with Crippen LogP contribution in [0.25, 0.3) is 11.1 Å². The molecule has 1 N–H and O–H groups in total. The molecule has 0 aliphatic heterocycles. The number of carboxylic acid groups (broad SMARTS) is 1. The lowest BCUT2D eigenvalue weighted by Crippen LogP contribution is -2.21. The van der Waals surface area contributed by atoms with E-state index in [0.717, 1.165) is 5.56 Å². The molecule has 0 atom stereocenters. The number of hydrogen-bond donors (Lipinski definition) is 1. The van der Waals surface area contributed by atoms with Crippen molar-refractivity contribution in [1.29, 1.82) is 0 Å². The van der Waals surface area contributed by atoms with E-state index in [2.05, 4.69) is 0 Å². The topological polar surface area (TPSA) is 55.8 Å². The van der Waals surface area contributed by atoms with Crippen LogP contribution in [0, 0.1) is 6.92 Å². The van der Waals surface area contributed by atoms with E-state index in [-0.39, 0.29) is 5.56 Å². The monoisotopic (exact) mass is 300 g/mol. The van der Waals surface area contributed by atoms with E-state index >= 15 is 0 Å². The molecular weight excluding hydrogens is 280 g/mol. The smallest absolute Gasteiger partial charge is 0.336 e. The largest absolute Gasteiger partial charge is 0.478 e. The number of aryl methyl sites for hydroxylation is 1. The summed E-state index contributed by atoms with van der Waals surface area (Å²) in [5.41, 5.74) is 1.94. The number of para-hydroxylation sites is 1. The fourth-order valence-electron chi connectivity index (χ4n) is 2.05. The molecule has 0 amide bonds. The molecule has 4 nitrogen and oxygen atoms in total. The average molecular weight is 300 g/mol. The third-order valence-electron chi connectivity index (χ3n) is 3.03. The van der Waals surface area contributed by atoms with E-state index in [1.165, 1.54) is 0 Å². The van der Waals surface area contributed by atoms with Crippen molar-refractivity contribution in [1.82, 2.24) is 0 Å². The van der Waals surface area contributed by atoms with Crippen LogP contribution in [-0.4, -0.2) is 16.7 Å². The number of benzene rings is 2. The van der Waals surface area contributed by atoms with Gasteiger partial charge in [-0.3, -0.25) is 0 Å². The first-order valence-corrected chi connectivity index (χ1v) is 7.07.